The minimum Gasteiger partial charge on any atom is -0.321 e. The van der Waals surface area contributed by atoms with Gasteiger partial charge in [-0.25, -0.2) is 9.97 Å². The summed E-state index contributed by atoms with van der Waals surface area (Å²) in [5, 5.41) is 18.3. The van der Waals surface area contributed by atoms with E-state index < -0.39 is 0 Å². The van der Waals surface area contributed by atoms with E-state index in [0.29, 0.717) is 27.8 Å². The molecule has 0 aromatic carbocycles. The van der Waals surface area contributed by atoms with Gasteiger partial charge in [0.05, 0.1) is 28.7 Å². The number of hydrogen-bond donors (Lipinski definition) is 1. The van der Waals surface area contributed by atoms with Crippen molar-refractivity contribution in [2.75, 3.05) is 11.6 Å². The lowest BCUT2D eigenvalue weighted by molar-refractivity contribution is 0.102. The maximum absolute atomic E-state index is 12.9. The summed E-state index contributed by atoms with van der Waals surface area (Å²) in [4.78, 5) is 21.9. The number of pyridine rings is 2. The molecular formula is C19H18N6OS. The molecule has 1 aliphatic rings. The van der Waals surface area contributed by atoms with Crippen LogP contribution in [0.15, 0.2) is 23.4 Å². The molecule has 1 N–H and O–H groups in total. The Labute approximate surface area is 160 Å². The zero-order chi connectivity index (χ0) is 19.1. The molecule has 136 valence electrons. The Bertz CT molecular complexity index is 1110. The third kappa shape index (κ3) is 3.15. The minimum atomic E-state index is -0.325. The van der Waals surface area contributed by atoms with Gasteiger partial charge in [0, 0.05) is 24.0 Å². The number of hydrogen-bond acceptors (Lipinski definition) is 6. The van der Waals surface area contributed by atoms with Gasteiger partial charge in [0.2, 0.25) is 0 Å². The standard InChI is InChI=1S/C19H18N6OS/c1-10-13-6-12(9-21-17(13)25(2)24-10)22-18(26)14-7-16(11-4-5-11)23-19(27-3)15(14)8-20/h6-7,9,11H,4-5H2,1-3H3,(H,22,26). The highest BCUT2D eigenvalue weighted by Gasteiger charge is 2.28. The van der Waals surface area contributed by atoms with Crippen LogP contribution in [0.4, 0.5) is 5.69 Å². The van der Waals surface area contributed by atoms with Crippen LogP contribution in [0.5, 0.6) is 0 Å². The highest BCUT2D eigenvalue weighted by molar-refractivity contribution is 7.98. The van der Waals surface area contributed by atoms with Crippen LogP contribution >= 0.6 is 11.8 Å². The lowest BCUT2D eigenvalue weighted by Crippen LogP contribution is -2.15. The van der Waals surface area contributed by atoms with Crippen molar-refractivity contribution >= 4 is 34.4 Å². The molecule has 8 heteroatoms. The van der Waals surface area contributed by atoms with Crippen LogP contribution in [-0.4, -0.2) is 31.9 Å². The van der Waals surface area contributed by atoms with Gasteiger partial charge >= 0.3 is 0 Å². The van der Waals surface area contributed by atoms with Crippen LogP contribution < -0.4 is 5.32 Å². The average Bonchev–Trinajstić information content (AvgIpc) is 3.47. The molecule has 0 bridgehead atoms. The first-order valence-corrected chi connectivity index (χ1v) is 9.84. The quantitative estimate of drug-likeness (QED) is 0.699. The number of fused-ring (bicyclic) bond motifs is 1. The van der Waals surface area contributed by atoms with Gasteiger partial charge in [0.15, 0.2) is 5.65 Å². The van der Waals surface area contributed by atoms with Crippen molar-refractivity contribution in [1.29, 1.82) is 5.26 Å². The Balaban J connectivity index is 1.71. The number of amides is 1. The van der Waals surface area contributed by atoms with Crippen molar-refractivity contribution in [1.82, 2.24) is 19.7 Å². The number of aromatic nitrogens is 4. The smallest absolute Gasteiger partial charge is 0.257 e. The van der Waals surface area contributed by atoms with E-state index in [1.54, 1.807) is 16.9 Å². The van der Waals surface area contributed by atoms with Crippen LogP contribution in [0.2, 0.25) is 0 Å². The highest BCUT2D eigenvalue weighted by Crippen LogP contribution is 2.40. The van der Waals surface area contributed by atoms with E-state index in [4.69, 9.17) is 0 Å². The van der Waals surface area contributed by atoms with E-state index in [2.05, 4.69) is 26.5 Å². The molecule has 1 aliphatic carbocycles. The van der Waals surface area contributed by atoms with Crippen molar-refractivity contribution in [2.45, 2.75) is 30.7 Å². The van der Waals surface area contributed by atoms with Gasteiger partial charge in [-0.2, -0.15) is 10.4 Å². The third-order valence-electron chi connectivity index (χ3n) is 4.67. The van der Waals surface area contributed by atoms with Gasteiger partial charge in [0.25, 0.3) is 5.91 Å². The largest absolute Gasteiger partial charge is 0.321 e. The van der Waals surface area contributed by atoms with Gasteiger partial charge in [0.1, 0.15) is 11.1 Å². The van der Waals surface area contributed by atoms with Crippen LogP contribution in [0.3, 0.4) is 0 Å². The van der Waals surface area contributed by atoms with Gasteiger partial charge in [-0.3, -0.25) is 9.48 Å². The second kappa shape index (κ2) is 6.67. The number of carbonyl (C=O) groups excluding carboxylic acids is 1. The molecule has 0 radical (unpaired) electrons. The number of aryl methyl sites for hydroxylation is 2. The van der Waals surface area contributed by atoms with E-state index in [1.807, 2.05) is 26.3 Å². The average molecular weight is 378 g/mol. The predicted octanol–water partition coefficient (Wildman–Crippen LogP) is 3.40. The molecule has 0 atom stereocenters. The fourth-order valence-corrected chi connectivity index (χ4v) is 3.69. The van der Waals surface area contributed by atoms with Crippen LogP contribution in [0, 0.1) is 18.3 Å². The second-order valence-corrected chi connectivity index (χ2v) is 7.42. The van der Waals surface area contributed by atoms with Crippen LogP contribution in [0.1, 0.15) is 46.1 Å². The zero-order valence-corrected chi connectivity index (χ0v) is 16.1. The summed E-state index contributed by atoms with van der Waals surface area (Å²) in [7, 11) is 1.83. The fraction of sp³-hybridized carbons (Fsp3) is 0.316. The number of carbonyl (C=O) groups is 1. The van der Waals surface area contributed by atoms with E-state index in [9.17, 15) is 10.1 Å². The van der Waals surface area contributed by atoms with E-state index >= 15 is 0 Å². The normalized spacial score (nSPS) is 13.6. The molecule has 1 amide bonds. The summed E-state index contributed by atoms with van der Waals surface area (Å²) in [5.41, 5.74) is 3.74. The van der Waals surface area contributed by atoms with Crippen LogP contribution in [-0.2, 0) is 7.05 Å². The minimum absolute atomic E-state index is 0.316. The van der Waals surface area contributed by atoms with Crippen molar-refractivity contribution in [3.63, 3.8) is 0 Å². The first kappa shape index (κ1) is 17.5. The van der Waals surface area contributed by atoms with Crippen molar-refractivity contribution < 1.29 is 4.79 Å². The molecular weight excluding hydrogens is 360 g/mol. The van der Waals surface area contributed by atoms with Crippen molar-refractivity contribution in [2.24, 2.45) is 7.05 Å². The summed E-state index contributed by atoms with van der Waals surface area (Å²) in [6.45, 7) is 1.90. The predicted molar refractivity (Wildman–Crippen MR) is 104 cm³/mol. The maximum Gasteiger partial charge on any atom is 0.257 e. The Hall–Kier alpha value is -2.92. The topological polar surface area (TPSA) is 96.5 Å². The number of nitrogens with zero attached hydrogens (tertiary/aromatic N) is 5. The molecule has 1 saturated carbocycles. The molecule has 27 heavy (non-hydrogen) atoms. The van der Waals surface area contributed by atoms with E-state index in [-0.39, 0.29) is 5.91 Å². The maximum atomic E-state index is 12.9. The number of anilines is 1. The van der Waals surface area contributed by atoms with Gasteiger partial charge < -0.3 is 5.32 Å². The summed E-state index contributed by atoms with van der Waals surface area (Å²) >= 11 is 1.39. The van der Waals surface area contributed by atoms with E-state index in [1.165, 1.54) is 11.8 Å². The molecule has 0 aliphatic heterocycles. The zero-order valence-electron chi connectivity index (χ0n) is 15.3. The summed E-state index contributed by atoms with van der Waals surface area (Å²) in [6.07, 6.45) is 5.62. The molecule has 0 spiro atoms. The number of nitriles is 1. The first-order valence-electron chi connectivity index (χ1n) is 8.61. The van der Waals surface area contributed by atoms with Gasteiger partial charge in [-0.15, -0.1) is 11.8 Å². The number of thioether (sulfide) groups is 1. The Morgan fingerprint density at radius 1 is 1.41 bits per heavy atom. The molecule has 3 aromatic heterocycles. The van der Waals surface area contributed by atoms with E-state index in [0.717, 1.165) is 35.3 Å². The van der Waals surface area contributed by atoms with Crippen LogP contribution in [0.25, 0.3) is 11.0 Å². The van der Waals surface area contributed by atoms with Gasteiger partial charge in [-0.1, -0.05) is 0 Å². The number of nitrogens with one attached hydrogen (secondary N) is 1. The molecule has 3 heterocycles. The fourth-order valence-electron chi connectivity index (χ4n) is 3.14. The molecule has 7 nitrogen and oxygen atoms in total. The van der Waals surface area contributed by atoms with Crippen molar-refractivity contribution in [3.8, 4) is 6.07 Å². The molecule has 0 saturated heterocycles. The highest BCUT2D eigenvalue weighted by atomic mass is 32.2. The SMILES string of the molecule is CSc1nc(C2CC2)cc(C(=O)Nc2cnc3c(c2)c(C)nn3C)c1C#N. The van der Waals surface area contributed by atoms with Gasteiger partial charge in [-0.05, 0) is 38.2 Å². The molecule has 1 fully saturated rings. The second-order valence-electron chi connectivity index (χ2n) is 6.62. The first-order chi connectivity index (χ1) is 13.0. The Morgan fingerprint density at radius 3 is 2.85 bits per heavy atom. The molecule has 4 rings (SSSR count). The lowest BCUT2D eigenvalue weighted by Gasteiger charge is -2.11. The third-order valence-corrected chi connectivity index (χ3v) is 5.35. The summed E-state index contributed by atoms with van der Waals surface area (Å²) in [6, 6.07) is 5.75. The lowest BCUT2D eigenvalue weighted by atomic mass is 10.1. The molecule has 0 unspecified atom stereocenters. The summed E-state index contributed by atoms with van der Waals surface area (Å²) < 4.78 is 1.71. The van der Waals surface area contributed by atoms with Crippen molar-refractivity contribution in [3.05, 3.63) is 40.8 Å². The molecule has 3 aromatic rings. The number of rotatable bonds is 4. The summed E-state index contributed by atoms with van der Waals surface area (Å²) in [5.74, 6) is 0.0695. The Kier molecular flexibility index (Phi) is 4.32. The monoisotopic (exact) mass is 378 g/mol. The Morgan fingerprint density at radius 2 is 2.19 bits per heavy atom.